The van der Waals surface area contributed by atoms with Crippen molar-refractivity contribution in [3.63, 3.8) is 0 Å². The van der Waals surface area contributed by atoms with Crippen LogP contribution in [0.1, 0.15) is 54.8 Å². The fraction of sp³-hybridized carbons (Fsp3) is 0.391. The topological polar surface area (TPSA) is 127 Å². The van der Waals surface area contributed by atoms with E-state index in [2.05, 4.69) is 10.4 Å². The minimum Gasteiger partial charge on any atom is -0.618 e. The Morgan fingerprint density at radius 1 is 1.44 bits per heavy atom. The highest BCUT2D eigenvalue weighted by Gasteiger charge is 2.34. The second-order valence-corrected chi connectivity index (χ2v) is 8.12. The van der Waals surface area contributed by atoms with Crippen molar-refractivity contribution in [2.24, 2.45) is 0 Å². The summed E-state index contributed by atoms with van der Waals surface area (Å²) in [5.74, 6) is -0.0642. The Balaban J connectivity index is 1.63. The van der Waals surface area contributed by atoms with Gasteiger partial charge in [0.15, 0.2) is 11.3 Å². The third-order valence-corrected chi connectivity index (χ3v) is 5.90. The molecule has 1 aromatic carbocycles. The number of nitrogens with one attached hydrogen (secondary N) is 1. The number of ether oxygens (including phenoxy) is 1. The number of pyridine rings is 1. The molecule has 1 fully saturated rings. The van der Waals surface area contributed by atoms with Gasteiger partial charge >= 0.3 is 5.91 Å². The summed E-state index contributed by atoms with van der Waals surface area (Å²) in [4.78, 5) is 12.8. The van der Waals surface area contributed by atoms with E-state index in [0.717, 1.165) is 5.39 Å². The fourth-order valence-corrected chi connectivity index (χ4v) is 4.05. The predicted octanol–water partition coefficient (Wildman–Crippen LogP) is 3.00. The second-order valence-electron chi connectivity index (χ2n) is 8.12. The molecule has 2 heterocycles. The van der Waals surface area contributed by atoms with Crippen LogP contribution in [0, 0.1) is 23.5 Å². The lowest BCUT2D eigenvalue weighted by molar-refractivity contribution is -0.614. The number of aliphatic hydroxyl groups is 1. The molecule has 1 aliphatic rings. The maximum Gasteiger partial charge on any atom is 0.321 e. The minimum absolute atomic E-state index is 0.00424. The van der Waals surface area contributed by atoms with Crippen molar-refractivity contribution in [1.82, 2.24) is 9.78 Å². The third kappa shape index (κ3) is 4.09. The van der Waals surface area contributed by atoms with Crippen molar-refractivity contribution in [3.05, 3.63) is 53.1 Å². The van der Waals surface area contributed by atoms with Gasteiger partial charge in [0.2, 0.25) is 0 Å². The van der Waals surface area contributed by atoms with Crippen LogP contribution in [0.15, 0.2) is 36.5 Å². The number of carbonyl (C=O) groups excluding carboxylic acids is 1. The summed E-state index contributed by atoms with van der Waals surface area (Å²) in [5.41, 5.74) is 0.331. The van der Waals surface area contributed by atoms with E-state index in [4.69, 9.17) is 10.00 Å². The SMILES string of the molecule is CCOc1cc2nn(C3CCC(O)(C#N)CC3)cc2cc1NC(=O)c1cccc(C)[n+]1[O-]. The van der Waals surface area contributed by atoms with E-state index in [9.17, 15) is 15.1 Å². The van der Waals surface area contributed by atoms with Crippen LogP contribution in [0.4, 0.5) is 5.69 Å². The molecule has 1 aliphatic carbocycles. The van der Waals surface area contributed by atoms with E-state index in [0.29, 0.717) is 59.7 Å². The molecule has 0 aliphatic heterocycles. The molecule has 166 valence electrons. The van der Waals surface area contributed by atoms with Crippen molar-refractivity contribution in [3.8, 4) is 11.8 Å². The van der Waals surface area contributed by atoms with Crippen molar-refractivity contribution in [1.29, 1.82) is 5.26 Å². The van der Waals surface area contributed by atoms with Gasteiger partial charge in [-0.05, 0) is 44.7 Å². The standard InChI is InChI=1S/C23H25N5O4/c1-3-32-21-12-18-16(13-27(26-18)17-7-9-23(30,14-24)10-8-17)11-19(21)25-22(29)20-6-4-5-15(2)28(20)31/h4-6,11-13,17,30H,3,7-10H2,1-2H3,(H,25,29). The normalized spacial score (nSPS) is 20.6. The lowest BCUT2D eigenvalue weighted by Gasteiger charge is -2.30. The average molecular weight is 435 g/mol. The number of nitriles is 1. The summed E-state index contributed by atoms with van der Waals surface area (Å²) in [6.45, 7) is 3.88. The Kier molecular flexibility index (Phi) is 5.72. The maximum atomic E-state index is 12.8. The number of carbonyl (C=O) groups is 1. The first kappa shape index (κ1) is 21.6. The average Bonchev–Trinajstić information content (AvgIpc) is 3.19. The van der Waals surface area contributed by atoms with Crippen molar-refractivity contribution < 1.29 is 19.4 Å². The summed E-state index contributed by atoms with van der Waals surface area (Å²) in [6.07, 6.45) is 4.00. The number of aryl methyl sites for hydroxylation is 1. The molecule has 32 heavy (non-hydrogen) atoms. The summed E-state index contributed by atoms with van der Waals surface area (Å²) in [7, 11) is 0. The lowest BCUT2D eigenvalue weighted by atomic mass is 9.83. The summed E-state index contributed by atoms with van der Waals surface area (Å²) in [5, 5.41) is 39.8. The molecule has 9 nitrogen and oxygen atoms in total. The van der Waals surface area contributed by atoms with Crippen LogP contribution in [0.25, 0.3) is 10.9 Å². The summed E-state index contributed by atoms with van der Waals surface area (Å²) < 4.78 is 8.17. The molecule has 0 saturated heterocycles. The van der Waals surface area contributed by atoms with E-state index in [1.807, 2.05) is 23.9 Å². The number of anilines is 1. The highest BCUT2D eigenvalue weighted by Crippen LogP contribution is 2.36. The zero-order chi connectivity index (χ0) is 22.9. The van der Waals surface area contributed by atoms with E-state index in [-0.39, 0.29) is 11.7 Å². The smallest absolute Gasteiger partial charge is 0.321 e. The molecule has 0 atom stereocenters. The predicted molar refractivity (Wildman–Crippen MR) is 117 cm³/mol. The van der Waals surface area contributed by atoms with Crippen molar-refractivity contribution >= 4 is 22.5 Å². The van der Waals surface area contributed by atoms with Crippen LogP contribution in [0.2, 0.25) is 0 Å². The van der Waals surface area contributed by atoms with Crippen LogP contribution in [0.5, 0.6) is 5.75 Å². The monoisotopic (exact) mass is 435 g/mol. The third-order valence-electron chi connectivity index (χ3n) is 5.90. The molecule has 1 saturated carbocycles. The molecule has 0 spiro atoms. The first-order valence-corrected chi connectivity index (χ1v) is 10.6. The van der Waals surface area contributed by atoms with Gasteiger partial charge in [-0.25, -0.2) is 0 Å². The van der Waals surface area contributed by atoms with Gasteiger partial charge in [0, 0.05) is 36.7 Å². The van der Waals surface area contributed by atoms with Gasteiger partial charge in [-0.2, -0.15) is 15.1 Å². The van der Waals surface area contributed by atoms with Gasteiger partial charge in [-0.15, -0.1) is 0 Å². The number of benzene rings is 1. The first-order valence-electron chi connectivity index (χ1n) is 10.6. The van der Waals surface area contributed by atoms with Crippen LogP contribution < -0.4 is 14.8 Å². The van der Waals surface area contributed by atoms with E-state index in [1.165, 1.54) is 6.07 Å². The molecule has 4 rings (SSSR count). The van der Waals surface area contributed by atoms with Gasteiger partial charge in [-0.3, -0.25) is 9.48 Å². The first-order chi connectivity index (χ1) is 15.3. The van der Waals surface area contributed by atoms with E-state index >= 15 is 0 Å². The quantitative estimate of drug-likeness (QED) is 0.360. The number of fused-ring (bicyclic) bond motifs is 1. The fourth-order valence-electron chi connectivity index (χ4n) is 4.05. The van der Waals surface area contributed by atoms with Gasteiger partial charge in [0.05, 0.1) is 29.9 Å². The zero-order valence-electron chi connectivity index (χ0n) is 18.0. The molecule has 9 heteroatoms. The Hall–Kier alpha value is -3.64. The summed E-state index contributed by atoms with van der Waals surface area (Å²) in [6, 6.07) is 10.4. The van der Waals surface area contributed by atoms with Gasteiger partial charge in [-0.1, -0.05) is 0 Å². The number of nitrogens with zero attached hydrogens (tertiary/aromatic N) is 4. The molecule has 0 bridgehead atoms. The number of amides is 1. The van der Waals surface area contributed by atoms with Gasteiger partial charge in [0.25, 0.3) is 5.69 Å². The molecule has 0 unspecified atom stereocenters. The largest absolute Gasteiger partial charge is 0.618 e. The highest BCUT2D eigenvalue weighted by molar-refractivity contribution is 6.04. The maximum absolute atomic E-state index is 12.8. The van der Waals surface area contributed by atoms with E-state index < -0.39 is 11.5 Å². The minimum atomic E-state index is -1.25. The number of hydrogen-bond acceptors (Lipinski definition) is 6. The van der Waals surface area contributed by atoms with Crippen LogP contribution in [-0.2, 0) is 0 Å². The van der Waals surface area contributed by atoms with E-state index in [1.54, 1.807) is 31.2 Å². The van der Waals surface area contributed by atoms with Crippen LogP contribution in [-0.4, -0.2) is 33.0 Å². The second kappa shape index (κ2) is 8.48. The molecule has 2 N–H and O–H groups in total. The molecular formula is C23H25N5O4. The van der Waals surface area contributed by atoms with Crippen molar-refractivity contribution in [2.45, 2.75) is 51.2 Å². The Morgan fingerprint density at radius 2 is 2.19 bits per heavy atom. The Morgan fingerprint density at radius 3 is 2.88 bits per heavy atom. The Labute approximate surface area is 185 Å². The number of hydrogen-bond donors (Lipinski definition) is 2. The molecule has 1 amide bonds. The van der Waals surface area contributed by atoms with Crippen LogP contribution in [0.3, 0.4) is 0 Å². The number of aromatic nitrogens is 3. The van der Waals surface area contributed by atoms with Gasteiger partial charge < -0.3 is 20.4 Å². The van der Waals surface area contributed by atoms with Crippen molar-refractivity contribution in [2.75, 3.05) is 11.9 Å². The molecule has 3 aromatic rings. The highest BCUT2D eigenvalue weighted by atomic mass is 16.5. The molecular weight excluding hydrogens is 410 g/mol. The van der Waals surface area contributed by atoms with Gasteiger partial charge in [0.1, 0.15) is 5.75 Å². The zero-order valence-corrected chi connectivity index (χ0v) is 18.0. The molecule has 0 radical (unpaired) electrons. The van der Waals surface area contributed by atoms with Crippen LogP contribution >= 0.6 is 0 Å². The number of rotatable bonds is 5. The molecule has 2 aromatic heterocycles. The Bertz CT molecular complexity index is 1210. The lowest BCUT2D eigenvalue weighted by Crippen LogP contribution is -2.39. The summed E-state index contributed by atoms with van der Waals surface area (Å²) >= 11 is 0.